The van der Waals surface area contributed by atoms with Crippen LogP contribution < -0.4 is 0 Å². The largest absolute Gasteiger partial charge is 0.372 e. The zero-order chi connectivity index (χ0) is 18.7. The summed E-state index contributed by atoms with van der Waals surface area (Å²) >= 11 is 5.77. The molecule has 0 saturated heterocycles. The highest BCUT2D eigenvalue weighted by atomic mass is 79.9. The second kappa shape index (κ2) is 7.93. The number of hydrogen-bond donors (Lipinski definition) is 0. The molecule has 0 amide bonds. The molecule has 132 valence electrons. The third-order valence-electron chi connectivity index (χ3n) is 3.14. The molecule has 0 atom stereocenters. The summed E-state index contributed by atoms with van der Waals surface area (Å²) in [6.45, 7) is -0.744. The molecule has 0 fully saturated rings. The summed E-state index contributed by atoms with van der Waals surface area (Å²) in [5.41, 5.74) is -0.875. The second-order valence-corrected chi connectivity index (χ2v) is 6.51. The molecule has 0 aromatic heterocycles. The first-order chi connectivity index (χ1) is 11.7. The van der Waals surface area contributed by atoms with Crippen molar-refractivity contribution in [1.82, 2.24) is 0 Å². The molecule has 0 aliphatic carbocycles. The van der Waals surface area contributed by atoms with E-state index in [-0.39, 0.29) is 44.7 Å². The Hall–Kier alpha value is -1.98. The van der Waals surface area contributed by atoms with Crippen LogP contribution in [0.3, 0.4) is 0 Å². The van der Waals surface area contributed by atoms with Crippen LogP contribution in [0.2, 0.25) is 0 Å². The standard InChI is InChI=1S/C14H8Br2F2N2O5/c15-9-3-11(17)7(1-13(9)19(21)22)5-25-6-8-2-14(20(23)24)10(16)4-12(8)18/h1-4H,5-6H2. The van der Waals surface area contributed by atoms with Gasteiger partial charge in [-0.1, -0.05) is 0 Å². The number of halogens is 4. The normalized spacial score (nSPS) is 10.7. The molecule has 0 aliphatic heterocycles. The van der Waals surface area contributed by atoms with Gasteiger partial charge in [-0.15, -0.1) is 0 Å². The lowest BCUT2D eigenvalue weighted by molar-refractivity contribution is -0.385. The lowest BCUT2D eigenvalue weighted by Gasteiger charge is -2.08. The predicted molar refractivity (Wildman–Crippen MR) is 90.0 cm³/mol. The van der Waals surface area contributed by atoms with E-state index in [0.717, 1.165) is 24.3 Å². The van der Waals surface area contributed by atoms with E-state index in [9.17, 15) is 29.0 Å². The Morgan fingerprint density at radius 1 is 0.840 bits per heavy atom. The molecule has 0 spiro atoms. The van der Waals surface area contributed by atoms with Gasteiger partial charge in [-0.3, -0.25) is 20.2 Å². The van der Waals surface area contributed by atoms with Crippen LogP contribution >= 0.6 is 31.9 Å². The summed E-state index contributed by atoms with van der Waals surface area (Å²) in [7, 11) is 0. The molecule has 2 aromatic carbocycles. The maximum absolute atomic E-state index is 13.8. The summed E-state index contributed by atoms with van der Waals surface area (Å²) in [4.78, 5) is 20.3. The van der Waals surface area contributed by atoms with Gasteiger partial charge in [-0.2, -0.15) is 0 Å². The first kappa shape index (κ1) is 19.3. The van der Waals surface area contributed by atoms with Crippen LogP contribution in [0.25, 0.3) is 0 Å². The highest BCUT2D eigenvalue weighted by Gasteiger charge is 2.19. The summed E-state index contributed by atoms with van der Waals surface area (Å²) in [5, 5.41) is 21.7. The number of hydrogen-bond acceptors (Lipinski definition) is 5. The lowest BCUT2D eigenvalue weighted by atomic mass is 10.2. The van der Waals surface area contributed by atoms with E-state index in [2.05, 4.69) is 31.9 Å². The molecule has 25 heavy (non-hydrogen) atoms. The van der Waals surface area contributed by atoms with Crippen LogP contribution in [0.15, 0.2) is 33.2 Å². The average Bonchev–Trinajstić information content (AvgIpc) is 2.50. The molecule has 0 bridgehead atoms. The second-order valence-electron chi connectivity index (χ2n) is 4.80. The van der Waals surface area contributed by atoms with Crippen LogP contribution in [0.4, 0.5) is 20.2 Å². The van der Waals surface area contributed by atoms with Crippen LogP contribution in [0.1, 0.15) is 11.1 Å². The Morgan fingerprint density at radius 3 is 1.52 bits per heavy atom. The van der Waals surface area contributed by atoms with Crippen LogP contribution in [-0.4, -0.2) is 9.85 Å². The number of nitro benzene ring substituents is 2. The number of nitro groups is 2. The van der Waals surface area contributed by atoms with E-state index < -0.39 is 21.5 Å². The SMILES string of the molecule is O=[N+]([O-])c1cc(COCc2cc([N+](=O)[O-])c(Br)cc2F)c(F)cc1Br. The van der Waals surface area contributed by atoms with Crippen molar-refractivity contribution in [2.45, 2.75) is 13.2 Å². The molecule has 7 nitrogen and oxygen atoms in total. The van der Waals surface area contributed by atoms with Crippen LogP contribution in [-0.2, 0) is 18.0 Å². The van der Waals surface area contributed by atoms with E-state index in [1.807, 2.05) is 0 Å². The maximum atomic E-state index is 13.8. The molecule has 0 radical (unpaired) electrons. The third-order valence-corrected chi connectivity index (χ3v) is 4.41. The van der Waals surface area contributed by atoms with Gasteiger partial charge < -0.3 is 4.74 Å². The van der Waals surface area contributed by atoms with Crippen molar-refractivity contribution in [1.29, 1.82) is 0 Å². The van der Waals surface area contributed by atoms with Gasteiger partial charge in [-0.25, -0.2) is 8.78 Å². The van der Waals surface area contributed by atoms with E-state index in [1.54, 1.807) is 0 Å². The molecule has 11 heteroatoms. The highest BCUT2D eigenvalue weighted by Crippen LogP contribution is 2.30. The monoisotopic (exact) mass is 480 g/mol. The maximum Gasteiger partial charge on any atom is 0.284 e. The fraction of sp³-hybridized carbons (Fsp3) is 0.143. The zero-order valence-corrected chi connectivity index (χ0v) is 15.3. The van der Waals surface area contributed by atoms with Crippen molar-refractivity contribution in [3.05, 3.63) is 76.2 Å². The van der Waals surface area contributed by atoms with E-state index in [0.29, 0.717) is 0 Å². The fourth-order valence-corrected chi connectivity index (χ4v) is 2.85. The van der Waals surface area contributed by atoms with Crippen LogP contribution in [0, 0.1) is 31.9 Å². The van der Waals surface area contributed by atoms with Gasteiger partial charge in [0.2, 0.25) is 0 Å². The van der Waals surface area contributed by atoms with Gasteiger partial charge >= 0.3 is 0 Å². The lowest BCUT2D eigenvalue weighted by Crippen LogP contribution is -2.02. The number of ether oxygens (including phenoxy) is 1. The molecule has 2 aromatic rings. The molecule has 0 aliphatic rings. The van der Waals surface area contributed by atoms with Crippen molar-refractivity contribution in [3.63, 3.8) is 0 Å². The molecular formula is C14H8Br2F2N2O5. The predicted octanol–water partition coefficient (Wildman–Crippen LogP) is 5.02. The molecule has 0 saturated carbocycles. The van der Waals surface area contributed by atoms with Gasteiger partial charge in [0, 0.05) is 23.3 Å². The molecule has 0 unspecified atom stereocenters. The number of benzene rings is 2. The Bertz CT molecular complexity index is 794. The van der Waals surface area contributed by atoms with Crippen molar-refractivity contribution < 1.29 is 23.4 Å². The third kappa shape index (κ3) is 4.55. The number of nitrogens with zero attached hydrogens (tertiary/aromatic N) is 2. The van der Waals surface area contributed by atoms with E-state index in [1.165, 1.54) is 0 Å². The topological polar surface area (TPSA) is 95.5 Å². The van der Waals surface area contributed by atoms with Crippen molar-refractivity contribution in [2.75, 3.05) is 0 Å². The van der Waals surface area contributed by atoms with Crippen molar-refractivity contribution in [2.24, 2.45) is 0 Å². The molecule has 0 N–H and O–H groups in total. The molecular weight excluding hydrogens is 474 g/mol. The van der Waals surface area contributed by atoms with Crippen LogP contribution in [0.5, 0.6) is 0 Å². The Kier molecular flexibility index (Phi) is 6.14. The smallest absolute Gasteiger partial charge is 0.284 e. The Labute approximate surface area is 156 Å². The van der Waals surface area contributed by atoms with Crippen molar-refractivity contribution >= 4 is 43.2 Å². The first-order valence-electron chi connectivity index (χ1n) is 6.53. The number of rotatable bonds is 6. The van der Waals surface area contributed by atoms with Crippen molar-refractivity contribution in [3.8, 4) is 0 Å². The highest BCUT2D eigenvalue weighted by molar-refractivity contribution is 9.11. The average molecular weight is 482 g/mol. The minimum absolute atomic E-state index is 0.0201. The summed E-state index contributed by atoms with van der Waals surface area (Å²) < 4.78 is 32.8. The van der Waals surface area contributed by atoms with E-state index in [4.69, 9.17) is 4.74 Å². The fourth-order valence-electron chi connectivity index (χ4n) is 1.93. The minimum Gasteiger partial charge on any atom is -0.372 e. The van der Waals surface area contributed by atoms with Gasteiger partial charge in [0.05, 0.1) is 32.0 Å². The van der Waals surface area contributed by atoms with Gasteiger partial charge in [0.15, 0.2) is 0 Å². The van der Waals surface area contributed by atoms with Gasteiger partial charge in [-0.05, 0) is 44.0 Å². The quantitative estimate of drug-likeness (QED) is 0.426. The summed E-state index contributed by atoms with van der Waals surface area (Å²) in [6.07, 6.45) is 0. The van der Waals surface area contributed by atoms with Gasteiger partial charge in [0.1, 0.15) is 11.6 Å². The molecule has 2 rings (SSSR count). The summed E-state index contributed by atoms with van der Waals surface area (Å²) in [6, 6.07) is 3.86. The minimum atomic E-state index is -0.736. The first-order valence-corrected chi connectivity index (χ1v) is 8.11. The van der Waals surface area contributed by atoms with Gasteiger partial charge in [0.25, 0.3) is 11.4 Å². The molecule has 0 heterocycles. The van der Waals surface area contributed by atoms with E-state index >= 15 is 0 Å². The Morgan fingerprint density at radius 2 is 1.20 bits per heavy atom. The Balaban J connectivity index is 2.16. The summed E-state index contributed by atoms with van der Waals surface area (Å²) in [5.74, 6) is -1.47. The zero-order valence-electron chi connectivity index (χ0n) is 12.2.